The first-order valence-corrected chi connectivity index (χ1v) is 7.01. The Bertz CT molecular complexity index is 381. The Kier molecular flexibility index (Phi) is 3.84. The van der Waals surface area contributed by atoms with Crippen molar-refractivity contribution in [2.75, 3.05) is 5.32 Å². The molecule has 1 aliphatic rings. The summed E-state index contributed by atoms with van der Waals surface area (Å²) >= 11 is 0. The summed E-state index contributed by atoms with van der Waals surface area (Å²) < 4.78 is 5.65. The van der Waals surface area contributed by atoms with Crippen LogP contribution in [0.5, 0.6) is 5.75 Å². The summed E-state index contributed by atoms with van der Waals surface area (Å²) in [7, 11) is 0. The molecule has 1 N–H and O–H groups in total. The van der Waals surface area contributed by atoms with Gasteiger partial charge in [0, 0.05) is 11.7 Å². The predicted molar refractivity (Wildman–Crippen MR) is 77.2 cm³/mol. The number of hydrogen-bond acceptors (Lipinski definition) is 2. The molecular weight excluding hydrogens is 222 g/mol. The standard InChI is InChI=1S/C16H25NO/c1-12(2)18-14-9-7-13(8-10-14)17-15-6-5-11-16(15,3)4/h7-10,12,15,17H,5-6,11H2,1-4H3. The SMILES string of the molecule is CC(C)Oc1ccc(NC2CCCC2(C)C)cc1. The Hall–Kier alpha value is -1.18. The summed E-state index contributed by atoms with van der Waals surface area (Å²) in [5.74, 6) is 0.946. The molecule has 18 heavy (non-hydrogen) atoms. The van der Waals surface area contributed by atoms with E-state index < -0.39 is 0 Å². The molecule has 0 heterocycles. The van der Waals surface area contributed by atoms with E-state index in [9.17, 15) is 0 Å². The van der Waals surface area contributed by atoms with E-state index >= 15 is 0 Å². The number of ether oxygens (including phenoxy) is 1. The van der Waals surface area contributed by atoms with E-state index in [1.54, 1.807) is 0 Å². The highest BCUT2D eigenvalue weighted by Crippen LogP contribution is 2.39. The molecule has 100 valence electrons. The Labute approximate surface area is 111 Å². The Morgan fingerprint density at radius 1 is 1.22 bits per heavy atom. The summed E-state index contributed by atoms with van der Waals surface area (Å²) in [6, 6.07) is 8.92. The highest BCUT2D eigenvalue weighted by molar-refractivity contribution is 5.47. The topological polar surface area (TPSA) is 21.3 Å². The van der Waals surface area contributed by atoms with Crippen LogP contribution >= 0.6 is 0 Å². The van der Waals surface area contributed by atoms with Gasteiger partial charge < -0.3 is 10.1 Å². The van der Waals surface area contributed by atoms with Gasteiger partial charge in [0.25, 0.3) is 0 Å². The molecule has 2 nitrogen and oxygen atoms in total. The van der Waals surface area contributed by atoms with Crippen LogP contribution in [0, 0.1) is 5.41 Å². The van der Waals surface area contributed by atoms with E-state index in [1.807, 2.05) is 26.0 Å². The second kappa shape index (κ2) is 5.21. The van der Waals surface area contributed by atoms with Crippen LogP contribution in [0.4, 0.5) is 5.69 Å². The van der Waals surface area contributed by atoms with Crippen LogP contribution in [0.3, 0.4) is 0 Å². The second-order valence-corrected chi connectivity index (χ2v) is 6.27. The molecule has 1 atom stereocenters. The van der Waals surface area contributed by atoms with Gasteiger partial charge in [0.15, 0.2) is 0 Å². The summed E-state index contributed by atoms with van der Waals surface area (Å²) in [4.78, 5) is 0. The van der Waals surface area contributed by atoms with E-state index in [1.165, 1.54) is 24.9 Å². The highest BCUT2D eigenvalue weighted by atomic mass is 16.5. The zero-order valence-corrected chi connectivity index (χ0v) is 12.0. The fraction of sp³-hybridized carbons (Fsp3) is 0.625. The monoisotopic (exact) mass is 247 g/mol. The number of hydrogen-bond donors (Lipinski definition) is 1. The molecule has 0 radical (unpaired) electrons. The maximum Gasteiger partial charge on any atom is 0.119 e. The van der Waals surface area contributed by atoms with Gasteiger partial charge in [0.1, 0.15) is 5.75 Å². The van der Waals surface area contributed by atoms with Crippen molar-refractivity contribution in [1.29, 1.82) is 0 Å². The minimum atomic E-state index is 0.234. The van der Waals surface area contributed by atoms with Crippen molar-refractivity contribution in [2.45, 2.75) is 59.1 Å². The average Bonchev–Trinajstić information content (AvgIpc) is 2.60. The van der Waals surface area contributed by atoms with Gasteiger partial charge in [-0.05, 0) is 56.4 Å². The summed E-state index contributed by atoms with van der Waals surface area (Å²) in [6.45, 7) is 8.81. The molecule has 1 unspecified atom stereocenters. The van der Waals surface area contributed by atoms with Gasteiger partial charge in [0.2, 0.25) is 0 Å². The third-order valence-electron chi connectivity index (χ3n) is 3.82. The lowest BCUT2D eigenvalue weighted by Crippen LogP contribution is -2.30. The first-order chi connectivity index (χ1) is 8.47. The summed E-state index contributed by atoms with van der Waals surface area (Å²) in [5, 5.41) is 3.66. The highest BCUT2D eigenvalue weighted by Gasteiger charge is 2.34. The molecule has 1 saturated carbocycles. The minimum absolute atomic E-state index is 0.234. The molecular formula is C16H25NO. The van der Waals surface area contributed by atoms with Crippen LogP contribution in [-0.2, 0) is 0 Å². The van der Waals surface area contributed by atoms with Gasteiger partial charge in [-0.25, -0.2) is 0 Å². The molecule has 1 aromatic rings. The van der Waals surface area contributed by atoms with Gasteiger partial charge >= 0.3 is 0 Å². The van der Waals surface area contributed by atoms with Gasteiger partial charge in [-0.3, -0.25) is 0 Å². The zero-order valence-electron chi connectivity index (χ0n) is 12.0. The molecule has 0 aromatic heterocycles. The molecule has 2 rings (SSSR count). The number of benzene rings is 1. The number of anilines is 1. The van der Waals surface area contributed by atoms with Gasteiger partial charge in [-0.15, -0.1) is 0 Å². The first kappa shape index (κ1) is 13.3. The lowest BCUT2D eigenvalue weighted by atomic mass is 9.87. The normalized spacial score (nSPS) is 22.2. The van der Waals surface area contributed by atoms with Crippen molar-refractivity contribution in [2.24, 2.45) is 5.41 Å². The van der Waals surface area contributed by atoms with Crippen LogP contribution in [-0.4, -0.2) is 12.1 Å². The Morgan fingerprint density at radius 2 is 1.89 bits per heavy atom. The Morgan fingerprint density at radius 3 is 2.39 bits per heavy atom. The van der Waals surface area contributed by atoms with E-state index in [2.05, 4.69) is 31.3 Å². The van der Waals surface area contributed by atoms with Crippen LogP contribution in [0.2, 0.25) is 0 Å². The van der Waals surface area contributed by atoms with Crippen LogP contribution in [0.25, 0.3) is 0 Å². The van der Waals surface area contributed by atoms with Crippen molar-refractivity contribution < 1.29 is 4.74 Å². The Balaban J connectivity index is 1.98. The fourth-order valence-corrected chi connectivity index (χ4v) is 2.70. The van der Waals surface area contributed by atoms with Crippen LogP contribution in [0.1, 0.15) is 47.0 Å². The summed E-state index contributed by atoms with van der Waals surface area (Å²) in [5.41, 5.74) is 1.61. The van der Waals surface area contributed by atoms with Crippen molar-refractivity contribution in [1.82, 2.24) is 0 Å². The second-order valence-electron chi connectivity index (χ2n) is 6.27. The first-order valence-electron chi connectivity index (χ1n) is 7.01. The number of rotatable bonds is 4. The quantitative estimate of drug-likeness (QED) is 0.848. The fourth-order valence-electron chi connectivity index (χ4n) is 2.70. The van der Waals surface area contributed by atoms with Gasteiger partial charge in [-0.2, -0.15) is 0 Å². The smallest absolute Gasteiger partial charge is 0.119 e. The predicted octanol–water partition coefficient (Wildman–Crippen LogP) is 4.46. The lowest BCUT2D eigenvalue weighted by molar-refractivity contribution is 0.242. The third kappa shape index (κ3) is 3.18. The molecule has 0 saturated heterocycles. The molecule has 0 amide bonds. The summed E-state index contributed by atoms with van der Waals surface area (Å²) in [6.07, 6.45) is 4.16. The molecule has 1 aliphatic carbocycles. The van der Waals surface area contributed by atoms with Crippen molar-refractivity contribution in [3.05, 3.63) is 24.3 Å². The lowest BCUT2D eigenvalue weighted by Gasteiger charge is -2.28. The van der Waals surface area contributed by atoms with Crippen LogP contribution < -0.4 is 10.1 Å². The third-order valence-corrected chi connectivity index (χ3v) is 3.82. The van der Waals surface area contributed by atoms with Crippen molar-refractivity contribution >= 4 is 5.69 Å². The number of nitrogens with one attached hydrogen (secondary N) is 1. The molecule has 1 fully saturated rings. The average molecular weight is 247 g/mol. The maximum absolute atomic E-state index is 5.65. The van der Waals surface area contributed by atoms with Crippen LogP contribution in [0.15, 0.2) is 24.3 Å². The van der Waals surface area contributed by atoms with E-state index in [4.69, 9.17) is 4.74 Å². The van der Waals surface area contributed by atoms with E-state index in [-0.39, 0.29) is 6.10 Å². The van der Waals surface area contributed by atoms with E-state index in [0.29, 0.717) is 11.5 Å². The molecule has 0 spiro atoms. The van der Waals surface area contributed by atoms with Crippen molar-refractivity contribution in [3.8, 4) is 5.75 Å². The molecule has 1 aromatic carbocycles. The van der Waals surface area contributed by atoms with Crippen molar-refractivity contribution in [3.63, 3.8) is 0 Å². The van der Waals surface area contributed by atoms with Gasteiger partial charge in [-0.1, -0.05) is 20.3 Å². The molecule has 0 aliphatic heterocycles. The maximum atomic E-state index is 5.65. The van der Waals surface area contributed by atoms with Gasteiger partial charge in [0.05, 0.1) is 6.10 Å². The molecule has 2 heteroatoms. The molecule has 0 bridgehead atoms. The largest absolute Gasteiger partial charge is 0.491 e. The van der Waals surface area contributed by atoms with E-state index in [0.717, 1.165) is 5.75 Å². The minimum Gasteiger partial charge on any atom is -0.491 e. The zero-order chi connectivity index (χ0) is 13.2.